The smallest absolute Gasteiger partial charge is 0.209 e. The van der Waals surface area contributed by atoms with Gasteiger partial charge < -0.3 is 49.6 Å². The van der Waals surface area contributed by atoms with Crippen LogP contribution < -0.4 is 0 Å². The lowest BCUT2D eigenvalue weighted by Crippen LogP contribution is -2.46. The van der Waals surface area contributed by atoms with Crippen molar-refractivity contribution in [1.82, 2.24) is 0 Å². The van der Waals surface area contributed by atoms with Gasteiger partial charge in [-0.15, -0.1) is 0 Å². The fourth-order valence-electron chi connectivity index (χ4n) is 1.79. The van der Waals surface area contributed by atoms with E-state index in [1.165, 1.54) is 13.8 Å². The van der Waals surface area contributed by atoms with Crippen LogP contribution in [0.15, 0.2) is 0 Å². The Balaban J connectivity index is 4.91. The molecule has 0 amide bonds. The maximum atomic E-state index is 9.56. The van der Waals surface area contributed by atoms with Crippen molar-refractivity contribution in [2.75, 3.05) is 24.7 Å². The van der Waals surface area contributed by atoms with Crippen LogP contribution in [-0.2, 0) is 18.9 Å². The zero-order chi connectivity index (χ0) is 20.3. The molecule has 0 aliphatic carbocycles. The highest BCUT2D eigenvalue weighted by Gasteiger charge is 2.32. The molecular weight excluding hydrogens is 392 g/mol. The van der Waals surface area contributed by atoms with E-state index in [0.29, 0.717) is 5.75 Å². The molecular formula is C14H30O10S2. The molecule has 4 unspecified atom stereocenters. The summed E-state index contributed by atoms with van der Waals surface area (Å²) in [4.78, 5) is 0. The molecule has 0 aliphatic rings. The van der Waals surface area contributed by atoms with Gasteiger partial charge in [-0.1, -0.05) is 0 Å². The highest BCUT2D eigenvalue weighted by atomic mass is 32.1. The fraction of sp³-hybridized carbons (Fsp3) is 1.00. The Bertz CT molecular complexity index is 348. The van der Waals surface area contributed by atoms with Gasteiger partial charge in [0.15, 0.2) is 0 Å². The standard InChI is InChI=1S/C14H30O10S2/c1-7(16)10(6-26)24-14(12(19)20)22-8(2)9(5-15)23-13(11(17)18)21-3-4-25/h7-20,25-26H,3-6H2,1-2H3/t7-,8-,9?,10?,13?,14?/m0/s1. The van der Waals surface area contributed by atoms with Crippen LogP contribution in [0, 0.1) is 0 Å². The summed E-state index contributed by atoms with van der Waals surface area (Å²) in [6, 6.07) is 0. The minimum absolute atomic E-state index is 0.0673. The average Bonchev–Trinajstić information content (AvgIpc) is 2.57. The van der Waals surface area contributed by atoms with E-state index in [2.05, 4.69) is 25.3 Å². The first kappa shape index (κ1) is 26.3. The van der Waals surface area contributed by atoms with Gasteiger partial charge in [-0.05, 0) is 13.8 Å². The van der Waals surface area contributed by atoms with Gasteiger partial charge in [0.05, 0.1) is 31.5 Å². The van der Waals surface area contributed by atoms with Gasteiger partial charge in [-0.25, -0.2) is 0 Å². The van der Waals surface area contributed by atoms with Gasteiger partial charge in [0.1, 0.15) is 6.10 Å². The quantitative estimate of drug-likeness (QED) is 0.106. The Labute approximate surface area is 163 Å². The Morgan fingerprint density at radius 3 is 1.73 bits per heavy atom. The summed E-state index contributed by atoms with van der Waals surface area (Å²) in [6.07, 6.45) is -10.9. The van der Waals surface area contributed by atoms with Crippen molar-refractivity contribution in [3.8, 4) is 0 Å². The number of hydrogen-bond donors (Lipinski definition) is 8. The van der Waals surface area contributed by atoms with Crippen LogP contribution >= 0.6 is 25.3 Å². The summed E-state index contributed by atoms with van der Waals surface area (Å²) in [5.41, 5.74) is 0. The van der Waals surface area contributed by atoms with Crippen LogP contribution in [-0.4, -0.2) is 105 Å². The molecule has 0 spiro atoms. The SMILES string of the molecule is C[C@H](O)C(CS)OC(O[C@@H](C)C(CO)OC(OCCS)C(O)O)C(O)O. The van der Waals surface area contributed by atoms with Crippen molar-refractivity contribution in [3.63, 3.8) is 0 Å². The van der Waals surface area contributed by atoms with Gasteiger partial charge >= 0.3 is 0 Å². The van der Waals surface area contributed by atoms with E-state index in [4.69, 9.17) is 18.9 Å². The summed E-state index contributed by atoms with van der Waals surface area (Å²) in [5, 5.41) is 56.4. The zero-order valence-electron chi connectivity index (χ0n) is 14.7. The van der Waals surface area contributed by atoms with Crippen molar-refractivity contribution in [1.29, 1.82) is 0 Å². The topological polar surface area (TPSA) is 158 Å². The second kappa shape index (κ2) is 14.3. The monoisotopic (exact) mass is 422 g/mol. The lowest BCUT2D eigenvalue weighted by molar-refractivity contribution is -0.317. The molecule has 158 valence electrons. The van der Waals surface area contributed by atoms with Crippen LogP contribution in [0.4, 0.5) is 0 Å². The molecule has 12 heteroatoms. The van der Waals surface area contributed by atoms with Crippen molar-refractivity contribution in [3.05, 3.63) is 0 Å². The summed E-state index contributed by atoms with van der Waals surface area (Å²) in [6.45, 7) is 2.36. The second-order valence-electron chi connectivity index (χ2n) is 5.45. The Morgan fingerprint density at radius 1 is 0.808 bits per heavy atom. The molecule has 0 heterocycles. The maximum Gasteiger partial charge on any atom is 0.209 e. The van der Waals surface area contributed by atoms with Crippen LogP contribution in [0.3, 0.4) is 0 Å². The molecule has 0 fully saturated rings. The van der Waals surface area contributed by atoms with Gasteiger partial charge in [0, 0.05) is 11.5 Å². The number of aliphatic hydroxyl groups is 6. The van der Waals surface area contributed by atoms with Crippen LogP contribution in [0.25, 0.3) is 0 Å². The summed E-state index contributed by atoms with van der Waals surface area (Å²) >= 11 is 7.93. The number of aliphatic hydroxyl groups excluding tert-OH is 4. The van der Waals surface area contributed by atoms with Crippen molar-refractivity contribution >= 4 is 25.3 Å². The largest absolute Gasteiger partial charge is 0.394 e. The molecule has 0 aromatic rings. The number of hydrogen-bond acceptors (Lipinski definition) is 12. The Kier molecular flexibility index (Phi) is 14.5. The van der Waals surface area contributed by atoms with Crippen LogP contribution in [0.5, 0.6) is 0 Å². The molecule has 0 aromatic carbocycles. The summed E-state index contributed by atoms with van der Waals surface area (Å²) in [7, 11) is 0. The highest BCUT2D eigenvalue weighted by molar-refractivity contribution is 7.80. The lowest BCUT2D eigenvalue weighted by Gasteiger charge is -2.33. The van der Waals surface area contributed by atoms with E-state index in [1.807, 2.05) is 0 Å². The average molecular weight is 423 g/mol. The minimum Gasteiger partial charge on any atom is -0.394 e. The van der Waals surface area contributed by atoms with Crippen molar-refractivity contribution in [2.45, 2.75) is 63.4 Å². The first-order valence-electron chi connectivity index (χ1n) is 7.98. The van der Waals surface area contributed by atoms with Gasteiger partial charge in [0.2, 0.25) is 25.2 Å². The first-order chi connectivity index (χ1) is 12.2. The molecule has 0 saturated heterocycles. The molecule has 0 radical (unpaired) electrons. The van der Waals surface area contributed by atoms with E-state index in [-0.39, 0.29) is 12.4 Å². The third-order valence-corrected chi connectivity index (χ3v) is 3.79. The molecule has 10 nitrogen and oxygen atoms in total. The third kappa shape index (κ3) is 10.0. The first-order valence-corrected chi connectivity index (χ1v) is 9.25. The third-order valence-electron chi connectivity index (χ3n) is 3.25. The van der Waals surface area contributed by atoms with E-state index in [0.717, 1.165) is 0 Å². The predicted molar refractivity (Wildman–Crippen MR) is 96.7 cm³/mol. The number of ether oxygens (including phenoxy) is 4. The molecule has 6 N–H and O–H groups in total. The van der Waals surface area contributed by atoms with Crippen LogP contribution in [0.2, 0.25) is 0 Å². The molecule has 0 rings (SSSR count). The molecule has 6 atom stereocenters. The Hall–Kier alpha value is 0.300. The van der Waals surface area contributed by atoms with E-state index >= 15 is 0 Å². The maximum absolute atomic E-state index is 9.56. The second-order valence-corrected chi connectivity index (χ2v) is 6.27. The van der Waals surface area contributed by atoms with Gasteiger partial charge in [-0.3, -0.25) is 0 Å². The zero-order valence-corrected chi connectivity index (χ0v) is 16.4. The van der Waals surface area contributed by atoms with Crippen LogP contribution in [0.1, 0.15) is 13.8 Å². The molecule has 0 aromatic heterocycles. The fourth-order valence-corrected chi connectivity index (χ4v) is 2.29. The van der Waals surface area contributed by atoms with Crippen molar-refractivity contribution in [2.24, 2.45) is 0 Å². The molecule has 0 saturated carbocycles. The summed E-state index contributed by atoms with van der Waals surface area (Å²) < 4.78 is 21.0. The number of thiol groups is 2. The molecule has 26 heavy (non-hydrogen) atoms. The van der Waals surface area contributed by atoms with E-state index in [1.54, 1.807) is 0 Å². The lowest BCUT2D eigenvalue weighted by atomic mass is 10.2. The molecule has 0 bridgehead atoms. The molecule has 0 aliphatic heterocycles. The number of rotatable bonds is 15. The van der Waals surface area contributed by atoms with Gasteiger partial charge in [0.25, 0.3) is 0 Å². The summed E-state index contributed by atoms with van der Waals surface area (Å²) in [5.74, 6) is 0.397. The Morgan fingerprint density at radius 2 is 1.35 bits per heavy atom. The van der Waals surface area contributed by atoms with E-state index in [9.17, 15) is 30.6 Å². The highest BCUT2D eigenvalue weighted by Crippen LogP contribution is 2.16. The van der Waals surface area contributed by atoms with Crippen molar-refractivity contribution < 1.29 is 49.6 Å². The van der Waals surface area contributed by atoms with E-state index < -0.39 is 56.2 Å². The van der Waals surface area contributed by atoms with Gasteiger partial charge in [-0.2, -0.15) is 25.3 Å². The normalized spacial score (nSPS) is 19.4. The minimum atomic E-state index is -2.04. The predicted octanol–water partition coefficient (Wildman–Crippen LogP) is -2.32.